The zero-order chi connectivity index (χ0) is 15.5. The van der Waals surface area contributed by atoms with Crippen molar-refractivity contribution in [1.82, 2.24) is 5.32 Å². The second-order valence-electron chi connectivity index (χ2n) is 6.54. The summed E-state index contributed by atoms with van der Waals surface area (Å²) in [6.07, 6.45) is 8.26. The molecule has 116 valence electrons. The highest BCUT2D eigenvalue weighted by atomic mass is 16.3. The average molecular weight is 298 g/mol. The van der Waals surface area contributed by atoms with Crippen molar-refractivity contribution in [1.29, 1.82) is 5.26 Å². The predicted octanol–water partition coefficient (Wildman–Crippen LogP) is 3.76. The largest absolute Gasteiger partial charge is 0.461 e. The van der Waals surface area contributed by atoms with E-state index in [1.807, 2.05) is 18.2 Å². The van der Waals surface area contributed by atoms with Crippen molar-refractivity contribution in [2.24, 2.45) is 5.92 Å². The standard InChI is InChI=1S/C18H22N2O2/c1-12-9-16(12)17-8-7-15(22-17)10-13(11-19)18(21)20-14-5-3-2-4-6-14/h7-8,10,12,14,16H,2-6,9H2,1H3,(H,20,21)/b13-10+/t12-,16-/m0/s1. The molecule has 2 atom stereocenters. The lowest BCUT2D eigenvalue weighted by Gasteiger charge is -2.22. The molecular weight excluding hydrogens is 276 g/mol. The molecule has 0 bridgehead atoms. The number of furan rings is 1. The van der Waals surface area contributed by atoms with E-state index >= 15 is 0 Å². The normalized spacial score (nSPS) is 25.5. The third-order valence-electron chi connectivity index (χ3n) is 4.71. The quantitative estimate of drug-likeness (QED) is 0.680. The summed E-state index contributed by atoms with van der Waals surface area (Å²) in [6.45, 7) is 2.20. The van der Waals surface area contributed by atoms with Gasteiger partial charge in [-0.15, -0.1) is 0 Å². The molecule has 0 aromatic carbocycles. The first kappa shape index (κ1) is 14.9. The van der Waals surface area contributed by atoms with Crippen molar-refractivity contribution in [3.63, 3.8) is 0 Å². The van der Waals surface area contributed by atoms with Crippen LogP contribution < -0.4 is 5.32 Å². The number of amides is 1. The van der Waals surface area contributed by atoms with E-state index in [0.29, 0.717) is 17.6 Å². The highest BCUT2D eigenvalue weighted by Crippen LogP contribution is 2.47. The fourth-order valence-electron chi connectivity index (χ4n) is 3.16. The average Bonchev–Trinajstić information content (AvgIpc) is 3.08. The highest BCUT2D eigenvalue weighted by molar-refractivity contribution is 6.01. The molecule has 1 amide bonds. The number of hydrogen-bond donors (Lipinski definition) is 1. The zero-order valence-electron chi connectivity index (χ0n) is 13.0. The summed E-state index contributed by atoms with van der Waals surface area (Å²) in [5, 5.41) is 12.2. The maximum absolute atomic E-state index is 12.2. The van der Waals surface area contributed by atoms with E-state index < -0.39 is 0 Å². The molecule has 4 nitrogen and oxygen atoms in total. The Bertz CT molecular complexity index is 617. The van der Waals surface area contributed by atoms with E-state index in [9.17, 15) is 10.1 Å². The van der Waals surface area contributed by atoms with Gasteiger partial charge in [-0.3, -0.25) is 4.79 Å². The Labute approximate surface area is 131 Å². The van der Waals surface area contributed by atoms with Gasteiger partial charge in [-0.25, -0.2) is 0 Å². The van der Waals surface area contributed by atoms with Gasteiger partial charge in [0, 0.05) is 18.0 Å². The van der Waals surface area contributed by atoms with Crippen molar-refractivity contribution in [3.05, 3.63) is 29.2 Å². The molecule has 2 aliphatic rings. The van der Waals surface area contributed by atoms with Gasteiger partial charge in [0.25, 0.3) is 5.91 Å². The number of carbonyl (C=O) groups excluding carboxylic acids is 1. The van der Waals surface area contributed by atoms with Crippen molar-refractivity contribution in [3.8, 4) is 6.07 Å². The Morgan fingerprint density at radius 2 is 2.09 bits per heavy atom. The molecule has 1 aromatic rings. The maximum Gasteiger partial charge on any atom is 0.262 e. The Hall–Kier alpha value is -2.02. The van der Waals surface area contributed by atoms with Crippen molar-refractivity contribution in [2.75, 3.05) is 0 Å². The summed E-state index contributed by atoms with van der Waals surface area (Å²) in [5.74, 6) is 2.44. The molecule has 1 aromatic heterocycles. The Morgan fingerprint density at radius 3 is 2.73 bits per heavy atom. The van der Waals surface area contributed by atoms with Gasteiger partial charge in [0.05, 0.1) is 0 Å². The first-order chi connectivity index (χ1) is 10.7. The van der Waals surface area contributed by atoms with Crippen LogP contribution in [-0.2, 0) is 4.79 Å². The minimum atomic E-state index is -0.285. The predicted molar refractivity (Wildman–Crippen MR) is 83.8 cm³/mol. The Morgan fingerprint density at radius 1 is 1.36 bits per heavy atom. The molecule has 22 heavy (non-hydrogen) atoms. The van der Waals surface area contributed by atoms with E-state index in [1.165, 1.54) is 6.42 Å². The van der Waals surface area contributed by atoms with Crippen molar-refractivity contribution in [2.45, 2.75) is 57.4 Å². The van der Waals surface area contributed by atoms with Crippen LogP contribution in [0.25, 0.3) is 6.08 Å². The lowest BCUT2D eigenvalue weighted by atomic mass is 9.95. The molecular formula is C18H22N2O2. The number of nitriles is 1. The minimum absolute atomic E-state index is 0.121. The molecule has 0 radical (unpaired) electrons. The maximum atomic E-state index is 12.2. The monoisotopic (exact) mass is 298 g/mol. The van der Waals surface area contributed by atoms with E-state index in [0.717, 1.165) is 37.9 Å². The smallest absolute Gasteiger partial charge is 0.262 e. The molecule has 0 aliphatic heterocycles. The lowest BCUT2D eigenvalue weighted by molar-refractivity contribution is -0.117. The fraction of sp³-hybridized carbons (Fsp3) is 0.556. The lowest BCUT2D eigenvalue weighted by Crippen LogP contribution is -2.36. The number of carbonyl (C=O) groups is 1. The number of rotatable bonds is 4. The van der Waals surface area contributed by atoms with Crippen LogP contribution in [0, 0.1) is 17.2 Å². The Balaban J connectivity index is 1.65. The topological polar surface area (TPSA) is 66.0 Å². The second kappa shape index (κ2) is 6.39. The molecule has 0 spiro atoms. The van der Waals surface area contributed by atoms with Gasteiger partial charge in [0.2, 0.25) is 0 Å². The summed E-state index contributed by atoms with van der Waals surface area (Å²) in [5.41, 5.74) is 0.121. The van der Waals surface area contributed by atoms with Crippen molar-refractivity contribution >= 4 is 12.0 Å². The Kier molecular flexibility index (Phi) is 4.33. The van der Waals surface area contributed by atoms with E-state index in [1.54, 1.807) is 6.08 Å². The number of hydrogen-bond acceptors (Lipinski definition) is 3. The van der Waals surface area contributed by atoms with Crippen LogP contribution in [0.2, 0.25) is 0 Å². The summed E-state index contributed by atoms with van der Waals surface area (Å²) < 4.78 is 5.74. The van der Waals surface area contributed by atoms with Crippen LogP contribution in [0.3, 0.4) is 0 Å². The minimum Gasteiger partial charge on any atom is -0.461 e. The fourth-order valence-corrected chi connectivity index (χ4v) is 3.16. The van der Waals surface area contributed by atoms with Crippen LogP contribution in [0.4, 0.5) is 0 Å². The van der Waals surface area contributed by atoms with Gasteiger partial charge in [0.1, 0.15) is 23.2 Å². The van der Waals surface area contributed by atoms with Gasteiger partial charge in [0.15, 0.2) is 0 Å². The van der Waals surface area contributed by atoms with Crippen molar-refractivity contribution < 1.29 is 9.21 Å². The number of nitrogens with zero attached hydrogens (tertiary/aromatic N) is 1. The molecule has 0 unspecified atom stereocenters. The first-order valence-corrected chi connectivity index (χ1v) is 8.20. The second-order valence-corrected chi connectivity index (χ2v) is 6.54. The molecule has 3 rings (SSSR count). The van der Waals surface area contributed by atoms with Crippen LogP contribution in [0.5, 0.6) is 0 Å². The summed E-state index contributed by atoms with van der Waals surface area (Å²) in [4.78, 5) is 12.2. The first-order valence-electron chi connectivity index (χ1n) is 8.20. The third-order valence-corrected chi connectivity index (χ3v) is 4.71. The van der Waals surface area contributed by atoms with Crippen LogP contribution in [-0.4, -0.2) is 11.9 Å². The van der Waals surface area contributed by atoms with Crippen LogP contribution in [0.15, 0.2) is 22.1 Å². The van der Waals surface area contributed by atoms with E-state index in [4.69, 9.17) is 4.42 Å². The zero-order valence-corrected chi connectivity index (χ0v) is 13.0. The molecule has 2 saturated carbocycles. The summed E-state index contributed by atoms with van der Waals surface area (Å²) in [6, 6.07) is 5.99. The third kappa shape index (κ3) is 3.41. The summed E-state index contributed by atoms with van der Waals surface area (Å²) >= 11 is 0. The van der Waals surface area contributed by atoms with E-state index in [-0.39, 0.29) is 17.5 Å². The van der Waals surface area contributed by atoms with Gasteiger partial charge in [-0.05, 0) is 37.3 Å². The van der Waals surface area contributed by atoms with Gasteiger partial charge >= 0.3 is 0 Å². The molecule has 4 heteroatoms. The molecule has 1 N–H and O–H groups in total. The molecule has 2 fully saturated rings. The molecule has 1 heterocycles. The van der Waals surface area contributed by atoms with Gasteiger partial charge < -0.3 is 9.73 Å². The van der Waals surface area contributed by atoms with E-state index in [2.05, 4.69) is 12.2 Å². The molecule has 0 saturated heterocycles. The summed E-state index contributed by atoms with van der Waals surface area (Å²) in [7, 11) is 0. The highest BCUT2D eigenvalue weighted by Gasteiger charge is 2.36. The number of nitrogens with one attached hydrogen (secondary N) is 1. The van der Waals surface area contributed by atoms with Crippen LogP contribution >= 0.6 is 0 Å². The van der Waals surface area contributed by atoms with Gasteiger partial charge in [-0.1, -0.05) is 26.2 Å². The van der Waals surface area contributed by atoms with Gasteiger partial charge in [-0.2, -0.15) is 5.26 Å². The molecule has 2 aliphatic carbocycles. The van der Waals surface area contributed by atoms with Crippen LogP contribution in [0.1, 0.15) is 62.9 Å². The SMILES string of the molecule is C[C@H]1C[C@@H]1c1ccc(/C=C(\C#N)C(=O)NC2CCCCC2)o1.